The van der Waals surface area contributed by atoms with Crippen molar-refractivity contribution in [1.82, 2.24) is 20.0 Å². The van der Waals surface area contributed by atoms with Crippen LogP contribution in [0.25, 0.3) is 0 Å². The van der Waals surface area contributed by atoms with E-state index in [0.29, 0.717) is 24.7 Å². The van der Waals surface area contributed by atoms with Crippen LogP contribution in [-0.4, -0.2) is 88.6 Å². The van der Waals surface area contributed by atoms with Gasteiger partial charge in [-0.15, -0.1) is 0 Å². The number of hydrogen-bond acceptors (Lipinski definition) is 6. The van der Waals surface area contributed by atoms with Gasteiger partial charge in [-0.1, -0.05) is 0 Å². The van der Waals surface area contributed by atoms with Gasteiger partial charge < -0.3 is 10.0 Å². The maximum Gasteiger partial charge on any atom is 0.317 e. The Balaban J connectivity index is 1.57. The first kappa shape index (κ1) is 16.5. The van der Waals surface area contributed by atoms with Gasteiger partial charge in [-0.3, -0.25) is 19.6 Å². The van der Waals surface area contributed by atoms with Crippen molar-refractivity contribution in [2.75, 3.05) is 31.1 Å². The third-order valence-corrected chi connectivity index (χ3v) is 6.92. The zero-order valence-corrected chi connectivity index (χ0v) is 14.4. The van der Waals surface area contributed by atoms with Crippen LogP contribution in [0.2, 0.25) is 0 Å². The Morgan fingerprint density at radius 2 is 1.96 bits per heavy atom. The number of carbonyl (C=O) groups excluding carboxylic acids is 1. The van der Waals surface area contributed by atoms with Crippen LogP contribution < -0.4 is 0 Å². The van der Waals surface area contributed by atoms with Crippen LogP contribution in [0.4, 0.5) is 0 Å². The highest BCUT2D eigenvalue weighted by Crippen LogP contribution is 2.39. The highest BCUT2D eigenvalue weighted by molar-refractivity contribution is 7.91. The number of carboxylic acid groups (broad SMARTS) is 1. The van der Waals surface area contributed by atoms with E-state index in [1.165, 1.54) is 0 Å². The molecular formula is C15H20N4O5S. The maximum absolute atomic E-state index is 12.9. The Morgan fingerprint density at radius 3 is 2.64 bits per heavy atom. The number of sulfone groups is 1. The monoisotopic (exact) mass is 368 g/mol. The lowest BCUT2D eigenvalue weighted by molar-refractivity contribution is -0.139. The van der Waals surface area contributed by atoms with Crippen molar-refractivity contribution >= 4 is 21.7 Å². The van der Waals surface area contributed by atoms with Crippen LogP contribution in [0.15, 0.2) is 6.07 Å². The summed E-state index contributed by atoms with van der Waals surface area (Å²) in [6.45, 7) is 0.427. The van der Waals surface area contributed by atoms with Gasteiger partial charge >= 0.3 is 5.97 Å². The normalized spacial score (nSPS) is 28.7. The molecule has 3 aliphatic rings. The Morgan fingerprint density at radius 1 is 1.24 bits per heavy atom. The summed E-state index contributed by atoms with van der Waals surface area (Å²) < 4.78 is 24.2. The number of H-pyrrole nitrogens is 1. The molecule has 1 aliphatic carbocycles. The fourth-order valence-electron chi connectivity index (χ4n) is 3.84. The van der Waals surface area contributed by atoms with Gasteiger partial charge in [0.15, 0.2) is 9.84 Å². The van der Waals surface area contributed by atoms with Crippen molar-refractivity contribution < 1.29 is 23.1 Å². The van der Waals surface area contributed by atoms with Crippen LogP contribution in [0.5, 0.6) is 0 Å². The number of hydrogen-bond donors (Lipinski definition) is 2. The molecular weight excluding hydrogens is 348 g/mol. The number of carboxylic acids is 1. The largest absolute Gasteiger partial charge is 0.480 e. The Labute approximate surface area is 144 Å². The van der Waals surface area contributed by atoms with Gasteiger partial charge in [0.25, 0.3) is 5.91 Å². The molecule has 1 saturated carbocycles. The molecule has 0 radical (unpaired) electrons. The number of piperazine rings is 1. The van der Waals surface area contributed by atoms with Crippen molar-refractivity contribution in [2.24, 2.45) is 0 Å². The molecule has 2 N–H and O–H groups in total. The van der Waals surface area contributed by atoms with E-state index in [1.54, 1.807) is 15.9 Å². The van der Waals surface area contributed by atoms with Gasteiger partial charge in [-0.2, -0.15) is 5.10 Å². The predicted molar refractivity (Wildman–Crippen MR) is 87.0 cm³/mol. The molecule has 10 heteroatoms. The minimum absolute atomic E-state index is 0.109. The summed E-state index contributed by atoms with van der Waals surface area (Å²) in [5.74, 6) is -1.07. The van der Waals surface area contributed by atoms with Crippen molar-refractivity contribution in [2.45, 2.75) is 30.8 Å². The number of nitrogens with zero attached hydrogens (tertiary/aromatic N) is 3. The SMILES string of the molecule is O=C(O)CN1CCN(C(=O)c2cc(C3CC3)[nH]n2)[C@H]2CS(=O)(=O)C[C@H]21. The van der Waals surface area contributed by atoms with Crippen molar-refractivity contribution in [3.63, 3.8) is 0 Å². The molecule has 0 aromatic carbocycles. The summed E-state index contributed by atoms with van der Waals surface area (Å²) in [6.07, 6.45) is 2.18. The Kier molecular flexibility index (Phi) is 3.84. The molecule has 1 aromatic heterocycles. The summed E-state index contributed by atoms with van der Waals surface area (Å²) in [7, 11) is -3.30. The molecule has 136 valence electrons. The van der Waals surface area contributed by atoms with Crippen LogP contribution in [-0.2, 0) is 14.6 Å². The summed E-state index contributed by atoms with van der Waals surface area (Å²) >= 11 is 0. The molecule has 3 fully saturated rings. The second kappa shape index (κ2) is 5.80. The van der Waals surface area contributed by atoms with E-state index in [0.717, 1.165) is 18.5 Å². The maximum atomic E-state index is 12.9. The molecule has 4 rings (SSSR count). The highest BCUT2D eigenvalue weighted by Gasteiger charge is 2.48. The first-order chi connectivity index (χ1) is 11.8. The van der Waals surface area contributed by atoms with Gasteiger partial charge in [0, 0.05) is 30.7 Å². The van der Waals surface area contributed by atoms with Gasteiger partial charge in [0.05, 0.1) is 24.1 Å². The summed E-state index contributed by atoms with van der Waals surface area (Å²) in [5.41, 5.74) is 1.25. The van der Waals surface area contributed by atoms with Crippen LogP contribution >= 0.6 is 0 Å². The molecule has 1 aromatic rings. The number of amides is 1. The van der Waals surface area contributed by atoms with Crippen LogP contribution in [0, 0.1) is 0 Å². The smallest absolute Gasteiger partial charge is 0.317 e. The molecule has 0 bridgehead atoms. The van der Waals surface area contributed by atoms with E-state index in [1.807, 2.05) is 0 Å². The molecule has 2 aliphatic heterocycles. The second-order valence-corrected chi connectivity index (χ2v) is 9.21. The van der Waals surface area contributed by atoms with E-state index in [9.17, 15) is 18.0 Å². The second-order valence-electron chi connectivity index (χ2n) is 7.06. The number of fused-ring (bicyclic) bond motifs is 1. The van der Waals surface area contributed by atoms with E-state index in [-0.39, 0.29) is 24.0 Å². The van der Waals surface area contributed by atoms with E-state index in [2.05, 4.69) is 10.2 Å². The third-order valence-electron chi connectivity index (χ3n) is 5.22. The lowest BCUT2D eigenvalue weighted by Gasteiger charge is -2.42. The lowest BCUT2D eigenvalue weighted by atomic mass is 10.0. The number of carbonyl (C=O) groups is 2. The van der Waals surface area contributed by atoms with Gasteiger partial charge in [0.2, 0.25) is 0 Å². The number of aliphatic carboxylic acids is 1. The Bertz CT molecular complexity index is 816. The topological polar surface area (TPSA) is 124 Å². The average Bonchev–Trinajstić information content (AvgIpc) is 3.16. The molecule has 0 spiro atoms. The van der Waals surface area contributed by atoms with Crippen LogP contribution in [0.1, 0.15) is 34.9 Å². The summed E-state index contributed by atoms with van der Waals surface area (Å²) in [4.78, 5) is 27.1. The summed E-state index contributed by atoms with van der Waals surface area (Å²) in [5, 5.41) is 16.0. The average molecular weight is 368 g/mol. The van der Waals surface area contributed by atoms with E-state index >= 15 is 0 Å². The standard InChI is InChI=1S/C15H20N4O5S/c20-14(21)6-18-3-4-19(13-8-25(23,24)7-12(13)18)15(22)11-5-10(16-17-11)9-1-2-9/h5,9,12-13H,1-4,6-8H2,(H,16,17)(H,20,21)/t12-,13+/m1/s1. The van der Waals surface area contributed by atoms with Gasteiger partial charge in [0.1, 0.15) is 5.69 Å². The number of rotatable bonds is 4. The fourth-order valence-corrected chi connectivity index (χ4v) is 5.86. The number of aromatic amines is 1. The van der Waals surface area contributed by atoms with Gasteiger partial charge in [-0.05, 0) is 18.9 Å². The molecule has 1 amide bonds. The number of nitrogens with one attached hydrogen (secondary N) is 1. The lowest BCUT2D eigenvalue weighted by Crippen LogP contribution is -2.61. The van der Waals surface area contributed by atoms with Gasteiger partial charge in [-0.25, -0.2) is 8.42 Å². The van der Waals surface area contributed by atoms with Crippen LogP contribution in [0.3, 0.4) is 0 Å². The first-order valence-electron chi connectivity index (χ1n) is 8.36. The quantitative estimate of drug-likeness (QED) is 0.720. The number of aromatic nitrogens is 2. The first-order valence-corrected chi connectivity index (χ1v) is 10.2. The molecule has 2 atom stereocenters. The van der Waals surface area contributed by atoms with E-state index < -0.39 is 27.9 Å². The molecule has 0 unspecified atom stereocenters. The molecule has 25 heavy (non-hydrogen) atoms. The predicted octanol–water partition coefficient (Wildman–Crippen LogP) is -0.705. The minimum Gasteiger partial charge on any atom is -0.480 e. The Hall–Kier alpha value is -1.94. The third kappa shape index (κ3) is 3.15. The molecule has 2 saturated heterocycles. The van der Waals surface area contributed by atoms with E-state index in [4.69, 9.17) is 5.11 Å². The zero-order valence-electron chi connectivity index (χ0n) is 13.6. The van der Waals surface area contributed by atoms with Crippen molar-refractivity contribution in [3.05, 3.63) is 17.5 Å². The molecule has 9 nitrogen and oxygen atoms in total. The van der Waals surface area contributed by atoms with Crippen molar-refractivity contribution in [3.8, 4) is 0 Å². The summed E-state index contributed by atoms with van der Waals surface area (Å²) in [6, 6.07) is 0.759. The fraction of sp³-hybridized carbons (Fsp3) is 0.667. The minimum atomic E-state index is -3.30. The van der Waals surface area contributed by atoms with Crippen molar-refractivity contribution in [1.29, 1.82) is 0 Å². The zero-order chi connectivity index (χ0) is 17.8. The highest BCUT2D eigenvalue weighted by atomic mass is 32.2. The molecule has 3 heterocycles.